The lowest BCUT2D eigenvalue weighted by atomic mass is 10.0. The van der Waals surface area contributed by atoms with Gasteiger partial charge in [-0.05, 0) is 25.8 Å². The molecule has 0 aliphatic carbocycles. The Morgan fingerprint density at radius 2 is 1.76 bits per heavy atom. The average molecular weight is 481 g/mol. The van der Waals surface area contributed by atoms with E-state index < -0.39 is 46.3 Å². The first-order chi connectivity index (χ1) is 16.1. The molecule has 0 radical (unpaired) electrons. The minimum atomic E-state index is -4.98. The van der Waals surface area contributed by atoms with Crippen LogP contribution in [0.3, 0.4) is 0 Å². The smallest absolute Gasteiger partial charge is 0.420 e. The lowest BCUT2D eigenvalue weighted by molar-refractivity contribution is -0.138. The molecule has 5 rings (SSSR count). The normalized spacial score (nSPS) is 20.3. The number of nitrogens with one attached hydrogen (secondary N) is 1. The summed E-state index contributed by atoms with van der Waals surface area (Å²) in [5, 5.41) is 3.48. The molecule has 2 fully saturated rings. The highest BCUT2D eigenvalue weighted by Gasteiger charge is 2.40. The summed E-state index contributed by atoms with van der Waals surface area (Å²) >= 11 is 0. The SMILES string of the molecule is COc1nc(N2CC3CCC(C2)N3)c2cc(F)c(-c3nc(N)nc(C)c3C(F)(F)F)c(F)c2n1. The topological polar surface area (TPSA) is 102 Å². The second-order valence-electron chi connectivity index (χ2n) is 8.41. The Morgan fingerprint density at radius 3 is 2.38 bits per heavy atom. The molecule has 3 aromatic rings. The number of nitrogen functional groups attached to an aromatic ring is 1. The first-order valence-corrected chi connectivity index (χ1v) is 10.5. The molecule has 0 spiro atoms. The van der Waals surface area contributed by atoms with Gasteiger partial charge in [0.25, 0.3) is 0 Å². The molecule has 0 saturated carbocycles. The fourth-order valence-corrected chi connectivity index (χ4v) is 4.79. The summed E-state index contributed by atoms with van der Waals surface area (Å²) in [7, 11) is 1.28. The minimum Gasteiger partial charge on any atom is -0.467 e. The maximum atomic E-state index is 15.8. The molecular formula is C21H20F5N7O. The fraction of sp³-hybridized carbons (Fsp3) is 0.429. The zero-order valence-electron chi connectivity index (χ0n) is 18.2. The number of fused-ring (bicyclic) bond motifs is 3. The number of alkyl halides is 3. The third-order valence-corrected chi connectivity index (χ3v) is 6.17. The Hall–Kier alpha value is -3.35. The van der Waals surface area contributed by atoms with Crippen molar-refractivity contribution in [2.75, 3.05) is 30.8 Å². The predicted octanol–water partition coefficient (Wildman–Crippen LogP) is 3.22. The van der Waals surface area contributed by atoms with E-state index in [0.717, 1.165) is 25.8 Å². The monoisotopic (exact) mass is 481 g/mol. The van der Waals surface area contributed by atoms with Crippen molar-refractivity contribution < 1.29 is 26.7 Å². The van der Waals surface area contributed by atoms with E-state index in [1.54, 1.807) is 0 Å². The van der Waals surface area contributed by atoms with Crippen LogP contribution in [-0.2, 0) is 6.18 Å². The number of anilines is 2. The molecule has 2 aliphatic rings. The number of halogens is 5. The van der Waals surface area contributed by atoms with E-state index in [1.807, 2.05) is 4.90 Å². The molecule has 8 nitrogen and oxygen atoms in total. The van der Waals surface area contributed by atoms with E-state index >= 15 is 8.78 Å². The Bertz CT molecular complexity index is 1290. The van der Waals surface area contributed by atoms with E-state index in [1.165, 1.54) is 7.11 Å². The van der Waals surface area contributed by atoms with Crippen LogP contribution in [0.5, 0.6) is 6.01 Å². The van der Waals surface area contributed by atoms with Crippen molar-refractivity contribution >= 4 is 22.7 Å². The molecule has 2 bridgehead atoms. The number of nitrogens with zero attached hydrogens (tertiary/aromatic N) is 5. The van der Waals surface area contributed by atoms with Crippen molar-refractivity contribution in [1.29, 1.82) is 0 Å². The van der Waals surface area contributed by atoms with Gasteiger partial charge < -0.3 is 20.7 Å². The van der Waals surface area contributed by atoms with Gasteiger partial charge in [0.05, 0.1) is 24.1 Å². The van der Waals surface area contributed by atoms with Crippen molar-refractivity contribution in [2.24, 2.45) is 0 Å². The number of rotatable bonds is 3. The highest BCUT2D eigenvalue weighted by molar-refractivity contribution is 5.94. The summed E-state index contributed by atoms with van der Waals surface area (Å²) in [6.07, 6.45) is -3.05. The Balaban J connectivity index is 1.76. The van der Waals surface area contributed by atoms with Crippen LogP contribution in [-0.4, -0.2) is 52.2 Å². The molecule has 2 atom stereocenters. The molecule has 180 valence electrons. The van der Waals surface area contributed by atoms with Gasteiger partial charge in [-0.3, -0.25) is 0 Å². The summed E-state index contributed by atoms with van der Waals surface area (Å²) < 4.78 is 77.6. The summed E-state index contributed by atoms with van der Waals surface area (Å²) in [5.41, 5.74) is 1.23. The molecule has 3 N–H and O–H groups in total. The zero-order valence-corrected chi connectivity index (χ0v) is 18.2. The first kappa shape index (κ1) is 22.4. The molecule has 2 aliphatic heterocycles. The lowest BCUT2D eigenvalue weighted by Crippen LogP contribution is -2.51. The molecule has 2 unspecified atom stereocenters. The van der Waals surface area contributed by atoms with E-state index in [0.29, 0.717) is 13.1 Å². The molecule has 34 heavy (non-hydrogen) atoms. The number of aryl methyl sites for hydroxylation is 1. The van der Waals surface area contributed by atoms with E-state index in [9.17, 15) is 13.2 Å². The van der Waals surface area contributed by atoms with Gasteiger partial charge in [-0.25, -0.2) is 18.7 Å². The molecule has 0 amide bonds. The predicted molar refractivity (Wildman–Crippen MR) is 113 cm³/mol. The maximum Gasteiger partial charge on any atom is 0.420 e. The third kappa shape index (κ3) is 3.63. The summed E-state index contributed by atoms with van der Waals surface area (Å²) in [6.45, 7) is 2.15. The standard InChI is InChI=1S/C21H20F5N7O/c1-8-14(21(24,25)26)17(30-19(27)28-8)13-12(22)5-11-16(15(13)23)31-20(34-2)32-18(11)33-6-9-3-4-10(7-33)29-9/h5,9-10,29H,3-4,6-7H2,1-2H3,(H2,27,28,30). The fourth-order valence-electron chi connectivity index (χ4n) is 4.79. The Morgan fingerprint density at radius 1 is 1.09 bits per heavy atom. The van der Waals surface area contributed by atoms with Crippen LogP contribution >= 0.6 is 0 Å². The van der Waals surface area contributed by atoms with Crippen molar-refractivity contribution in [1.82, 2.24) is 25.3 Å². The number of aromatic nitrogens is 4. The summed E-state index contributed by atoms with van der Waals surface area (Å²) in [4.78, 5) is 17.3. The van der Waals surface area contributed by atoms with Crippen molar-refractivity contribution in [3.63, 3.8) is 0 Å². The zero-order chi connectivity index (χ0) is 24.4. The van der Waals surface area contributed by atoms with Crippen LogP contribution < -0.4 is 20.7 Å². The van der Waals surface area contributed by atoms with E-state index in [4.69, 9.17) is 10.5 Å². The van der Waals surface area contributed by atoms with Gasteiger partial charge in [0.1, 0.15) is 22.7 Å². The number of benzene rings is 1. The maximum absolute atomic E-state index is 15.8. The quantitative estimate of drug-likeness (QED) is 0.550. The number of nitrogens with two attached hydrogens (primary N) is 1. The minimum absolute atomic E-state index is 0.0214. The van der Waals surface area contributed by atoms with Crippen LogP contribution in [0.1, 0.15) is 24.1 Å². The lowest BCUT2D eigenvalue weighted by Gasteiger charge is -2.34. The molecular weight excluding hydrogens is 461 g/mol. The van der Waals surface area contributed by atoms with Crippen molar-refractivity contribution in [2.45, 2.75) is 38.0 Å². The van der Waals surface area contributed by atoms with Crippen LogP contribution in [0.2, 0.25) is 0 Å². The number of methoxy groups -OCH3 is 1. The second-order valence-corrected chi connectivity index (χ2v) is 8.41. The van der Waals surface area contributed by atoms with E-state index in [2.05, 4.69) is 25.3 Å². The highest BCUT2D eigenvalue weighted by Crippen LogP contribution is 2.42. The highest BCUT2D eigenvalue weighted by atomic mass is 19.4. The second kappa shape index (κ2) is 7.86. The number of piperazine rings is 1. The van der Waals surface area contributed by atoms with Gasteiger partial charge >= 0.3 is 12.2 Å². The van der Waals surface area contributed by atoms with Crippen molar-refractivity contribution in [3.05, 3.63) is 29.0 Å². The number of ether oxygens (including phenoxy) is 1. The Labute approximate surface area is 190 Å². The molecule has 4 heterocycles. The van der Waals surface area contributed by atoms with Gasteiger partial charge in [-0.2, -0.15) is 23.1 Å². The van der Waals surface area contributed by atoms with Crippen molar-refractivity contribution in [3.8, 4) is 17.3 Å². The molecule has 2 aromatic heterocycles. The first-order valence-electron chi connectivity index (χ1n) is 10.5. The molecule has 2 saturated heterocycles. The van der Waals surface area contributed by atoms with Crippen LogP contribution in [0, 0.1) is 18.6 Å². The van der Waals surface area contributed by atoms with E-state index in [-0.39, 0.29) is 34.8 Å². The number of hydrogen-bond acceptors (Lipinski definition) is 8. The summed E-state index contributed by atoms with van der Waals surface area (Å²) in [5.74, 6) is -2.87. The van der Waals surface area contributed by atoms with Gasteiger partial charge in [0.2, 0.25) is 5.95 Å². The van der Waals surface area contributed by atoms with Gasteiger partial charge in [0, 0.05) is 30.6 Å². The van der Waals surface area contributed by atoms with Crippen LogP contribution in [0.4, 0.5) is 33.7 Å². The average Bonchev–Trinajstić information content (AvgIpc) is 3.09. The van der Waals surface area contributed by atoms with Gasteiger partial charge in [0.15, 0.2) is 5.82 Å². The number of hydrogen-bond donors (Lipinski definition) is 2. The molecule has 1 aromatic carbocycles. The van der Waals surface area contributed by atoms with Crippen LogP contribution in [0.15, 0.2) is 6.07 Å². The summed E-state index contributed by atoms with van der Waals surface area (Å²) in [6, 6.07) is 1.13. The largest absolute Gasteiger partial charge is 0.467 e. The third-order valence-electron chi connectivity index (χ3n) is 6.17. The molecule has 13 heteroatoms. The van der Waals surface area contributed by atoms with Gasteiger partial charge in [-0.15, -0.1) is 0 Å². The van der Waals surface area contributed by atoms with Crippen LogP contribution in [0.25, 0.3) is 22.2 Å². The van der Waals surface area contributed by atoms with Gasteiger partial charge in [-0.1, -0.05) is 0 Å². The Kier molecular flexibility index (Phi) is 5.19.